The van der Waals surface area contributed by atoms with Gasteiger partial charge in [-0.2, -0.15) is 4.31 Å². The molecule has 0 spiro atoms. The zero-order valence-corrected chi connectivity index (χ0v) is 13.9. The SMILES string of the molecule is O=C(Nc1ccccc1)Nc1cccc(S(=O)(=O)N2CCCC2)c1. The van der Waals surface area contributed by atoms with Gasteiger partial charge in [0, 0.05) is 24.5 Å². The molecule has 1 fully saturated rings. The topological polar surface area (TPSA) is 78.5 Å². The number of nitrogens with one attached hydrogen (secondary N) is 2. The van der Waals surface area contributed by atoms with E-state index in [0.29, 0.717) is 24.5 Å². The number of rotatable bonds is 4. The number of carbonyl (C=O) groups is 1. The number of amides is 2. The molecular formula is C17H19N3O3S. The fourth-order valence-corrected chi connectivity index (χ4v) is 4.19. The predicted octanol–water partition coefficient (Wildman–Crippen LogP) is 3.12. The highest BCUT2D eigenvalue weighted by atomic mass is 32.2. The van der Waals surface area contributed by atoms with Gasteiger partial charge in [0.05, 0.1) is 4.90 Å². The van der Waals surface area contributed by atoms with Gasteiger partial charge in [0.15, 0.2) is 0 Å². The van der Waals surface area contributed by atoms with Crippen molar-refractivity contribution < 1.29 is 13.2 Å². The molecular weight excluding hydrogens is 326 g/mol. The van der Waals surface area contributed by atoms with Crippen molar-refractivity contribution in [1.29, 1.82) is 0 Å². The van der Waals surface area contributed by atoms with Crippen LogP contribution >= 0.6 is 0 Å². The fraction of sp³-hybridized carbons (Fsp3) is 0.235. The number of nitrogens with zero attached hydrogens (tertiary/aromatic N) is 1. The molecule has 6 nitrogen and oxygen atoms in total. The molecule has 0 aromatic heterocycles. The molecule has 1 saturated heterocycles. The second-order valence-corrected chi connectivity index (χ2v) is 7.52. The molecule has 2 amide bonds. The van der Waals surface area contributed by atoms with Crippen molar-refractivity contribution in [3.8, 4) is 0 Å². The fourth-order valence-electron chi connectivity index (χ4n) is 2.63. The van der Waals surface area contributed by atoms with E-state index >= 15 is 0 Å². The van der Waals surface area contributed by atoms with Crippen molar-refractivity contribution in [2.24, 2.45) is 0 Å². The Bertz CT molecular complexity index is 816. The molecule has 2 aromatic carbocycles. The number of hydrogen-bond donors (Lipinski definition) is 2. The second-order valence-electron chi connectivity index (χ2n) is 5.58. The molecule has 7 heteroatoms. The van der Waals surface area contributed by atoms with Crippen LogP contribution < -0.4 is 10.6 Å². The van der Waals surface area contributed by atoms with Crippen LogP contribution in [0.25, 0.3) is 0 Å². The summed E-state index contributed by atoms with van der Waals surface area (Å²) in [7, 11) is -3.49. The van der Waals surface area contributed by atoms with E-state index in [4.69, 9.17) is 0 Å². The molecule has 2 aromatic rings. The van der Waals surface area contributed by atoms with Gasteiger partial charge in [-0.05, 0) is 43.2 Å². The van der Waals surface area contributed by atoms with E-state index in [9.17, 15) is 13.2 Å². The molecule has 0 bridgehead atoms. The normalized spacial score (nSPS) is 15.2. The maximum atomic E-state index is 12.6. The summed E-state index contributed by atoms with van der Waals surface area (Å²) in [5.74, 6) is 0. The molecule has 0 radical (unpaired) electrons. The molecule has 0 atom stereocenters. The Hall–Kier alpha value is -2.38. The quantitative estimate of drug-likeness (QED) is 0.894. The van der Waals surface area contributed by atoms with Gasteiger partial charge in [-0.25, -0.2) is 13.2 Å². The van der Waals surface area contributed by atoms with Gasteiger partial charge in [-0.1, -0.05) is 24.3 Å². The van der Waals surface area contributed by atoms with Crippen molar-refractivity contribution >= 4 is 27.4 Å². The van der Waals surface area contributed by atoms with Gasteiger partial charge >= 0.3 is 6.03 Å². The summed E-state index contributed by atoms with van der Waals surface area (Å²) < 4.78 is 26.6. The molecule has 1 aliphatic rings. The van der Waals surface area contributed by atoms with Crippen LogP contribution in [-0.4, -0.2) is 31.8 Å². The zero-order valence-electron chi connectivity index (χ0n) is 13.1. The first-order valence-corrected chi connectivity index (χ1v) is 9.23. The molecule has 1 heterocycles. The Morgan fingerprint density at radius 1 is 0.875 bits per heavy atom. The Kier molecular flexibility index (Phi) is 4.82. The van der Waals surface area contributed by atoms with Gasteiger partial charge in [-0.3, -0.25) is 0 Å². The van der Waals surface area contributed by atoms with E-state index in [1.54, 1.807) is 30.3 Å². The summed E-state index contributed by atoms with van der Waals surface area (Å²) in [6.45, 7) is 1.10. The van der Waals surface area contributed by atoms with E-state index in [1.165, 1.54) is 10.4 Å². The lowest BCUT2D eigenvalue weighted by Gasteiger charge is -2.16. The molecule has 0 aliphatic carbocycles. The Balaban J connectivity index is 1.72. The Morgan fingerprint density at radius 2 is 1.50 bits per heavy atom. The third-order valence-electron chi connectivity index (χ3n) is 3.83. The molecule has 24 heavy (non-hydrogen) atoms. The van der Waals surface area contributed by atoms with Crippen LogP contribution in [0.2, 0.25) is 0 Å². The van der Waals surface area contributed by atoms with Crippen LogP contribution in [0.5, 0.6) is 0 Å². The minimum atomic E-state index is -3.49. The van der Waals surface area contributed by atoms with Crippen LogP contribution in [0.1, 0.15) is 12.8 Å². The van der Waals surface area contributed by atoms with E-state index in [1.807, 2.05) is 18.2 Å². The smallest absolute Gasteiger partial charge is 0.308 e. The highest BCUT2D eigenvalue weighted by Crippen LogP contribution is 2.23. The Labute approximate surface area is 141 Å². The number of benzene rings is 2. The van der Waals surface area contributed by atoms with E-state index < -0.39 is 16.1 Å². The van der Waals surface area contributed by atoms with Crippen LogP contribution in [0, 0.1) is 0 Å². The number of anilines is 2. The molecule has 0 saturated carbocycles. The van der Waals surface area contributed by atoms with Crippen LogP contribution in [0.3, 0.4) is 0 Å². The highest BCUT2D eigenvalue weighted by molar-refractivity contribution is 7.89. The van der Waals surface area contributed by atoms with E-state index in [2.05, 4.69) is 10.6 Å². The zero-order chi connectivity index (χ0) is 17.0. The molecule has 1 aliphatic heterocycles. The van der Waals surface area contributed by atoms with Crippen molar-refractivity contribution in [2.75, 3.05) is 23.7 Å². The summed E-state index contributed by atoms with van der Waals surface area (Å²) in [6, 6.07) is 14.9. The average molecular weight is 345 g/mol. The number of hydrogen-bond acceptors (Lipinski definition) is 3. The van der Waals surface area contributed by atoms with E-state index in [-0.39, 0.29) is 4.90 Å². The van der Waals surface area contributed by atoms with Crippen molar-refractivity contribution in [2.45, 2.75) is 17.7 Å². The van der Waals surface area contributed by atoms with Gasteiger partial charge in [0.1, 0.15) is 0 Å². The Morgan fingerprint density at radius 3 is 2.21 bits per heavy atom. The molecule has 2 N–H and O–H groups in total. The first-order valence-electron chi connectivity index (χ1n) is 7.79. The minimum Gasteiger partial charge on any atom is -0.308 e. The minimum absolute atomic E-state index is 0.196. The number of sulfonamides is 1. The molecule has 0 unspecified atom stereocenters. The summed E-state index contributed by atoms with van der Waals surface area (Å²) in [5.41, 5.74) is 1.10. The van der Waals surface area contributed by atoms with Gasteiger partial charge < -0.3 is 10.6 Å². The van der Waals surface area contributed by atoms with Crippen LogP contribution in [-0.2, 0) is 10.0 Å². The van der Waals surface area contributed by atoms with Gasteiger partial charge in [0.25, 0.3) is 0 Å². The largest absolute Gasteiger partial charge is 0.323 e. The third kappa shape index (κ3) is 3.74. The summed E-state index contributed by atoms with van der Waals surface area (Å²) in [6.07, 6.45) is 1.77. The second kappa shape index (κ2) is 7.02. The third-order valence-corrected chi connectivity index (χ3v) is 5.72. The van der Waals surface area contributed by atoms with Crippen LogP contribution in [0.15, 0.2) is 59.5 Å². The van der Waals surface area contributed by atoms with Crippen LogP contribution in [0.4, 0.5) is 16.2 Å². The predicted molar refractivity (Wildman–Crippen MR) is 93.5 cm³/mol. The van der Waals surface area contributed by atoms with E-state index in [0.717, 1.165) is 12.8 Å². The van der Waals surface area contributed by atoms with Gasteiger partial charge in [0.2, 0.25) is 10.0 Å². The number of urea groups is 1. The standard InChI is InChI=1S/C17H19N3O3S/c21-17(18-14-7-2-1-3-8-14)19-15-9-6-10-16(13-15)24(22,23)20-11-4-5-12-20/h1-3,6-10,13H,4-5,11-12H2,(H2,18,19,21). The maximum Gasteiger partial charge on any atom is 0.323 e. The lowest BCUT2D eigenvalue weighted by atomic mass is 10.3. The maximum absolute atomic E-state index is 12.6. The lowest BCUT2D eigenvalue weighted by molar-refractivity contribution is 0.262. The number of carbonyl (C=O) groups excluding carboxylic acids is 1. The lowest BCUT2D eigenvalue weighted by Crippen LogP contribution is -2.28. The van der Waals surface area contributed by atoms with Crippen molar-refractivity contribution in [3.63, 3.8) is 0 Å². The summed E-state index contributed by atoms with van der Waals surface area (Å²) in [4.78, 5) is 12.2. The first kappa shape index (κ1) is 16.5. The van der Waals surface area contributed by atoms with Crippen molar-refractivity contribution in [1.82, 2.24) is 4.31 Å². The highest BCUT2D eigenvalue weighted by Gasteiger charge is 2.27. The summed E-state index contributed by atoms with van der Waals surface area (Å²) >= 11 is 0. The average Bonchev–Trinajstić information content (AvgIpc) is 3.11. The molecule has 126 valence electrons. The van der Waals surface area contributed by atoms with Crippen molar-refractivity contribution in [3.05, 3.63) is 54.6 Å². The first-order chi connectivity index (χ1) is 11.6. The monoisotopic (exact) mass is 345 g/mol. The summed E-state index contributed by atoms with van der Waals surface area (Å²) in [5, 5.41) is 5.35. The number of para-hydroxylation sites is 1. The molecule has 3 rings (SSSR count). The van der Waals surface area contributed by atoms with Gasteiger partial charge in [-0.15, -0.1) is 0 Å².